The van der Waals surface area contributed by atoms with Gasteiger partial charge in [-0.2, -0.15) is 0 Å². The number of aryl methyl sites for hydroxylation is 3. The van der Waals surface area contributed by atoms with Gasteiger partial charge < -0.3 is 29.1 Å². The van der Waals surface area contributed by atoms with Gasteiger partial charge in [0.2, 0.25) is 0 Å². The van der Waals surface area contributed by atoms with Crippen LogP contribution in [0.4, 0.5) is 22.7 Å². The van der Waals surface area contributed by atoms with Crippen molar-refractivity contribution in [3.05, 3.63) is 160 Å². The monoisotopic (exact) mass is 1070 g/mol. The summed E-state index contributed by atoms with van der Waals surface area (Å²) < 4.78 is 71.5. The van der Waals surface area contributed by atoms with E-state index in [2.05, 4.69) is 45.2 Å². The minimum Gasteiger partial charge on any atom is -0.493 e. The van der Waals surface area contributed by atoms with E-state index in [0.717, 1.165) is 72.1 Å². The molecule has 2 amide bonds. The number of sulfonamides is 2. The summed E-state index contributed by atoms with van der Waals surface area (Å²) in [5.41, 5.74) is 9.14. The normalized spacial score (nSPS) is 14.1. The van der Waals surface area contributed by atoms with Crippen LogP contribution in [0.15, 0.2) is 131 Å². The van der Waals surface area contributed by atoms with Crippen LogP contribution in [-0.2, 0) is 39.3 Å². The van der Waals surface area contributed by atoms with Crippen molar-refractivity contribution in [3.63, 3.8) is 0 Å². The molecule has 0 atom stereocenters. The molecule has 2 heterocycles. The van der Waals surface area contributed by atoms with Crippen LogP contribution in [0.2, 0.25) is 6.82 Å². The molecule has 8 rings (SSSR count). The fraction of sp³-hybridized carbons (Fsp3) is 0.356. The van der Waals surface area contributed by atoms with Crippen LogP contribution >= 0.6 is 0 Å². The van der Waals surface area contributed by atoms with Crippen LogP contribution in [0.5, 0.6) is 11.5 Å². The average Bonchev–Trinajstić information content (AvgIpc) is 3.44. The maximum absolute atomic E-state index is 14.7. The fourth-order valence-electron chi connectivity index (χ4n) is 9.88. The third-order valence-corrected chi connectivity index (χ3v) is 17.2. The molecule has 0 unspecified atom stereocenters. The Bertz CT molecular complexity index is 3230. The minimum absolute atomic E-state index is 0.00167. The highest BCUT2D eigenvalue weighted by molar-refractivity contribution is 7.93. The molecular formula is C59H70BN6O8S2. The van der Waals surface area contributed by atoms with Gasteiger partial charge in [-0.3, -0.25) is 19.0 Å². The Hall–Kier alpha value is -6.98. The first-order valence-corrected chi connectivity index (χ1v) is 29.3. The van der Waals surface area contributed by atoms with E-state index in [-0.39, 0.29) is 21.6 Å². The number of hydrogen-bond acceptors (Lipinski definition) is 10. The highest BCUT2D eigenvalue weighted by Gasteiger charge is 2.29. The van der Waals surface area contributed by atoms with Gasteiger partial charge in [0.1, 0.15) is 0 Å². The molecule has 0 aliphatic carbocycles. The van der Waals surface area contributed by atoms with Gasteiger partial charge in [0.25, 0.3) is 31.9 Å². The van der Waals surface area contributed by atoms with Gasteiger partial charge in [0.15, 0.2) is 18.8 Å². The third kappa shape index (κ3) is 13.2. The molecule has 2 fully saturated rings. The standard InChI is InChI=1S/C59H70BN6O8S2/c1-7-9-11-43-14-20-47(21-15-43)61-75(69,70)50-25-13-42(3)52(40-50)58(67)65-35-31-64(32-36-65)55-27-18-45(38-54(55)60-4)37-46-19-26-51(76(71,72)62-48-22-16-44(17-23-48)12-10-8-2)41-53(46)59(68)66-33-29-63(30-34-66)49-24-28-56(73-5)57(39-49)74-6/h13-28,38-41,61-62H,7-12,29-37H2,1-6H3. The molecule has 2 saturated heterocycles. The largest absolute Gasteiger partial charge is 0.493 e. The van der Waals surface area contributed by atoms with Crippen molar-refractivity contribution < 1.29 is 35.9 Å². The zero-order valence-corrected chi connectivity index (χ0v) is 46.2. The fourth-order valence-corrected chi connectivity index (χ4v) is 12.0. The molecule has 2 aliphatic heterocycles. The van der Waals surface area contributed by atoms with Crippen molar-refractivity contribution in [2.45, 2.75) is 82.3 Å². The Labute approximate surface area is 450 Å². The number of piperazine rings is 2. The summed E-state index contributed by atoms with van der Waals surface area (Å²) in [5, 5.41) is 0. The van der Waals surface area contributed by atoms with Gasteiger partial charge in [-0.1, -0.05) is 87.5 Å². The quantitative estimate of drug-likeness (QED) is 0.0667. The molecule has 6 aromatic carbocycles. The predicted octanol–water partition coefficient (Wildman–Crippen LogP) is 9.19. The van der Waals surface area contributed by atoms with Gasteiger partial charge in [0, 0.05) is 92.3 Å². The van der Waals surface area contributed by atoms with Crippen LogP contribution in [-0.4, -0.2) is 112 Å². The number of unbranched alkanes of at least 4 members (excludes halogenated alkanes) is 2. The summed E-state index contributed by atoms with van der Waals surface area (Å²) in [6, 6.07) is 36.3. The second-order valence-corrected chi connectivity index (χ2v) is 22.9. The zero-order chi connectivity index (χ0) is 54.0. The first-order chi connectivity index (χ1) is 36.6. The number of hydrogen-bond donors (Lipinski definition) is 2. The summed E-state index contributed by atoms with van der Waals surface area (Å²) in [4.78, 5) is 36.8. The van der Waals surface area contributed by atoms with Gasteiger partial charge in [0.05, 0.1) is 24.0 Å². The third-order valence-electron chi connectivity index (χ3n) is 14.4. The average molecular weight is 1070 g/mol. The minimum atomic E-state index is -4.07. The van der Waals surface area contributed by atoms with E-state index in [1.807, 2.05) is 69.6 Å². The summed E-state index contributed by atoms with van der Waals surface area (Å²) in [6.45, 7) is 12.0. The van der Waals surface area contributed by atoms with Crippen molar-refractivity contribution in [2.24, 2.45) is 0 Å². The van der Waals surface area contributed by atoms with E-state index in [4.69, 9.17) is 9.47 Å². The van der Waals surface area contributed by atoms with Crippen molar-refractivity contribution >= 4 is 67.4 Å². The maximum Gasteiger partial charge on any atom is 0.261 e. The van der Waals surface area contributed by atoms with E-state index < -0.39 is 20.0 Å². The molecule has 0 bridgehead atoms. The highest BCUT2D eigenvalue weighted by Crippen LogP contribution is 2.33. The Morgan fingerprint density at radius 1 is 0.553 bits per heavy atom. The topological polar surface area (TPSA) is 158 Å². The summed E-state index contributed by atoms with van der Waals surface area (Å²) in [7, 11) is -2.78. The second-order valence-electron chi connectivity index (χ2n) is 19.6. The SMILES string of the molecule is C[B]c1cc(Cc2ccc(S(=O)(=O)Nc3ccc(CCCC)cc3)cc2C(=O)N2CCN(c3ccc(OC)c(OC)c3)CC2)ccc1N1CCN(C(=O)c2cc(S(=O)(=O)Nc3ccc(CCCC)cc3)ccc2C)CC1. The van der Waals surface area contributed by atoms with Gasteiger partial charge in [-0.25, -0.2) is 16.8 Å². The Morgan fingerprint density at radius 2 is 1.05 bits per heavy atom. The molecule has 14 nitrogen and oxygen atoms in total. The molecule has 399 valence electrons. The summed E-state index contributed by atoms with van der Waals surface area (Å²) in [5.74, 6) is 0.789. The highest BCUT2D eigenvalue weighted by atomic mass is 32.2. The molecule has 0 spiro atoms. The van der Waals surface area contributed by atoms with E-state index >= 15 is 0 Å². The first kappa shape index (κ1) is 55.3. The molecule has 1 radical (unpaired) electrons. The number of ether oxygens (including phenoxy) is 2. The van der Waals surface area contributed by atoms with Gasteiger partial charge in [-0.15, -0.1) is 0 Å². The smallest absolute Gasteiger partial charge is 0.261 e. The molecular weight excluding hydrogens is 996 g/mol. The molecule has 0 aromatic heterocycles. The van der Waals surface area contributed by atoms with Crippen molar-refractivity contribution in [1.82, 2.24) is 9.80 Å². The first-order valence-electron chi connectivity index (χ1n) is 26.3. The number of anilines is 4. The van der Waals surface area contributed by atoms with Crippen molar-refractivity contribution in [3.8, 4) is 11.5 Å². The summed E-state index contributed by atoms with van der Waals surface area (Å²) >= 11 is 0. The molecule has 2 N–H and O–H groups in total. The van der Waals surface area contributed by atoms with Crippen LogP contribution in [0.1, 0.15) is 88.1 Å². The Kier molecular flexibility index (Phi) is 18.0. The number of carbonyl (C=O) groups is 2. The van der Waals surface area contributed by atoms with Gasteiger partial charge >= 0.3 is 0 Å². The Morgan fingerprint density at radius 3 is 1.58 bits per heavy atom. The predicted molar refractivity (Wildman–Crippen MR) is 306 cm³/mol. The van der Waals surface area contributed by atoms with Crippen LogP contribution < -0.4 is 34.2 Å². The number of nitrogens with one attached hydrogen (secondary N) is 2. The molecule has 2 aliphatic rings. The van der Waals surface area contributed by atoms with Crippen LogP contribution in [0.3, 0.4) is 0 Å². The lowest BCUT2D eigenvalue weighted by molar-refractivity contribution is 0.0738. The lowest BCUT2D eigenvalue weighted by Gasteiger charge is -2.37. The Balaban J connectivity index is 0.972. The number of rotatable bonds is 21. The van der Waals surface area contributed by atoms with E-state index in [1.54, 1.807) is 66.5 Å². The van der Waals surface area contributed by atoms with Crippen LogP contribution in [0, 0.1) is 6.92 Å². The van der Waals surface area contributed by atoms with Gasteiger partial charge in [-0.05, 0) is 134 Å². The van der Waals surface area contributed by atoms with E-state index in [0.29, 0.717) is 104 Å². The molecule has 6 aromatic rings. The lowest BCUT2D eigenvalue weighted by Crippen LogP contribution is -2.50. The second kappa shape index (κ2) is 24.8. The summed E-state index contributed by atoms with van der Waals surface area (Å²) in [6.07, 6.45) is 6.48. The maximum atomic E-state index is 14.7. The number of carbonyl (C=O) groups excluding carboxylic acids is 2. The molecule has 17 heteroatoms. The van der Waals surface area contributed by atoms with Crippen molar-refractivity contribution in [2.75, 3.05) is 85.8 Å². The lowest BCUT2D eigenvalue weighted by atomic mass is 9.71. The molecule has 0 saturated carbocycles. The number of amides is 2. The molecule has 76 heavy (non-hydrogen) atoms. The van der Waals surface area contributed by atoms with Crippen molar-refractivity contribution in [1.29, 1.82) is 0 Å². The van der Waals surface area contributed by atoms with Crippen LogP contribution in [0.25, 0.3) is 0 Å². The number of benzene rings is 6. The number of methoxy groups -OCH3 is 2. The zero-order valence-electron chi connectivity index (χ0n) is 44.6. The number of nitrogens with zero attached hydrogens (tertiary/aromatic N) is 4. The van der Waals surface area contributed by atoms with E-state index in [9.17, 15) is 26.4 Å². The van der Waals surface area contributed by atoms with E-state index in [1.165, 1.54) is 18.2 Å².